The van der Waals surface area contributed by atoms with Crippen molar-refractivity contribution in [1.82, 2.24) is 0 Å². The topological polar surface area (TPSA) is 43.4 Å². The van der Waals surface area contributed by atoms with Crippen LogP contribution in [0.5, 0.6) is 5.75 Å². The van der Waals surface area contributed by atoms with E-state index in [1.54, 1.807) is 60.7 Å². The molecule has 0 spiro atoms. The summed E-state index contributed by atoms with van der Waals surface area (Å²) in [5.74, 6) is -0.350. The molecule has 0 N–H and O–H groups in total. The van der Waals surface area contributed by atoms with Crippen LogP contribution >= 0.6 is 11.6 Å². The lowest BCUT2D eigenvalue weighted by Crippen LogP contribution is -2.09. The van der Waals surface area contributed by atoms with Gasteiger partial charge in [-0.1, -0.05) is 96.5 Å². The molecule has 0 aliphatic rings. The molecule has 0 radical (unpaired) electrons. The van der Waals surface area contributed by atoms with Gasteiger partial charge in [-0.15, -0.1) is 0 Å². The molecular formula is C28H19ClO3. The van der Waals surface area contributed by atoms with Crippen molar-refractivity contribution in [3.63, 3.8) is 0 Å². The molecule has 0 fully saturated rings. The molecule has 0 saturated heterocycles. The van der Waals surface area contributed by atoms with Gasteiger partial charge in [0.25, 0.3) is 0 Å². The standard InChI is InChI=1S/C28H19ClO3/c29-25-12-6-5-11-24(25)28(31)32-27-13-7-4-10-23(27)18-19-26(30)22-16-14-21(15-17-22)20-8-2-1-3-9-20/h1-19H/b19-18+. The van der Waals surface area contributed by atoms with E-state index in [1.807, 2.05) is 48.5 Å². The van der Waals surface area contributed by atoms with Crippen molar-refractivity contribution in [2.45, 2.75) is 0 Å². The van der Waals surface area contributed by atoms with Crippen molar-refractivity contribution in [3.05, 3.63) is 131 Å². The summed E-state index contributed by atoms with van der Waals surface area (Å²) >= 11 is 6.09. The molecule has 32 heavy (non-hydrogen) atoms. The molecular weight excluding hydrogens is 420 g/mol. The molecule has 4 aromatic rings. The molecule has 4 rings (SSSR count). The van der Waals surface area contributed by atoms with E-state index >= 15 is 0 Å². The lowest BCUT2D eigenvalue weighted by Gasteiger charge is -2.08. The highest BCUT2D eigenvalue weighted by atomic mass is 35.5. The molecule has 0 aliphatic carbocycles. The molecule has 0 saturated carbocycles. The van der Waals surface area contributed by atoms with Crippen molar-refractivity contribution in [1.29, 1.82) is 0 Å². The Morgan fingerprint density at radius 3 is 2.06 bits per heavy atom. The number of carbonyl (C=O) groups is 2. The fourth-order valence-electron chi connectivity index (χ4n) is 3.21. The zero-order chi connectivity index (χ0) is 22.3. The average Bonchev–Trinajstić information content (AvgIpc) is 2.84. The van der Waals surface area contributed by atoms with Gasteiger partial charge in [0.05, 0.1) is 10.6 Å². The zero-order valence-corrected chi connectivity index (χ0v) is 17.8. The summed E-state index contributed by atoms with van der Waals surface area (Å²) in [6.45, 7) is 0. The minimum Gasteiger partial charge on any atom is -0.422 e. The number of allylic oxidation sites excluding steroid dienone is 1. The highest BCUT2D eigenvalue weighted by Gasteiger charge is 2.13. The van der Waals surface area contributed by atoms with Crippen LogP contribution < -0.4 is 4.74 Å². The van der Waals surface area contributed by atoms with E-state index in [0.717, 1.165) is 11.1 Å². The Morgan fingerprint density at radius 2 is 1.31 bits per heavy atom. The van der Waals surface area contributed by atoms with Crippen molar-refractivity contribution < 1.29 is 14.3 Å². The quantitative estimate of drug-likeness (QED) is 0.139. The number of halogens is 1. The van der Waals surface area contributed by atoms with E-state index in [1.165, 1.54) is 6.08 Å². The van der Waals surface area contributed by atoms with Gasteiger partial charge in [-0.2, -0.15) is 0 Å². The second-order valence-electron chi connectivity index (χ2n) is 7.05. The number of ether oxygens (including phenoxy) is 1. The van der Waals surface area contributed by atoms with Crippen LogP contribution in [0.15, 0.2) is 109 Å². The first-order chi connectivity index (χ1) is 15.6. The van der Waals surface area contributed by atoms with Crippen molar-refractivity contribution >= 4 is 29.4 Å². The van der Waals surface area contributed by atoms with E-state index in [2.05, 4.69) is 0 Å². The van der Waals surface area contributed by atoms with Gasteiger partial charge in [-0.25, -0.2) is 4.79 Å². The number of esters is 1. The van der Waals surface area contributed by atoms with Gasteiger partial charge < -0.3 is 4.74 Å². The Labute approximate surface area is 191 Å². The Hall–Kier alpha value is -3.95. The number of hydrogen-bond donors (Lipinski definition) is 0. The number of para-hydroxylation sites is 1. The molecule has 0 amide bonds. The third-order valence-corrected chi connectivity index (χ3v) is 5.24. The largest absolute Gasteiger partial charge is 0.422 e. The minimum atomic E-state index is -0.556. The van der Waals surface area contributed by atoms with Crippen LogP contribution in [-0.2, 0) is 0 Å². The zero-order valence-electron chi connectivity index (χ0n) is 17.1. The van der Waals surface area contributed by atoms with Gasteiger partial charge in [0.15, 0.2) is 5.78 Å². The van der Waals surface area contributed by atoms with Crippen LogP contribution in [0.2, 0.25) is 5.02 Å². The summed E-state index contributed by atoms with van der Waals surface area (Å²) in [5, 5.41) is 0.319. The van der Waals surface area contributed by atoms with Gasteiger partial charge in [-0.3, -0.25) is 4.79 Å². The molecule has 156 valence electrons. The minimum absolute atomic E-state index is 0.142. The predicted molar refractivity (Wildman–Crippen MR) is 128 cm³/mol. The summed E-state index contributed by atoms with van der Waals surface area (Å²) in [4.78, 5) is 25.2. The van der Waals surface area contributed by atoms with Crippen molar-refractivity contribution in [3.8, 4) is 16.9 Å². The second kappa shape index (κ2) is 9.90. The highest BCUT2D eigenvalue weighted by Crippen LogP contribution is 2.24. The second-order valence-corrected chi connectivity index (χ2v) is 7.46. The van der Waals surface area contributed by atoms with Crippen LogP contribution in [0.3, 0.4) is 0 Å². The summed E-state index contributed by atoms with van der Waals surface area (Å²) in [7, 11) is 0. The first-order valence-electron chi connectivity index (χ1n) is 10.1. The van der Waals surface area contributed by atoms with Gasteiger partial charge >= 0.3 is 5.97 Å². The third kappa shape index (κ3) is 5.02. The number of hydrogen-bond acceptors (Lipinski definition) is 3. The summed E-state index contributed by atoms with van der Waals surface area (Å²) in [5.41, 5.74) is 3.61. The molecule has 0 atom stereocenters. The lowest BCUT2D eigenvalue weighted by atomic mass is 10.0. The van der Waals surface area contributed by atoms with Crippen LogP contribution in [0.25, 0.3) is 17.2 Å². The molecule has 0 heterocycles. The number of ketones is 1. The Bertz CT molecular complexity index is 1280. The molecule has 3 nitrogen and oxygen atoms in total. The third-order valence-electron chi connectivity index (χ3n) is 4.91. The summed E-state index contributed by atoms with van der Waals surface area (Å²) in [6, 6.07) is 31.2. The molecule has 4 heteroatoms. The number of carbonyl (C=O) groups excluding carboxylic acids is 2. The molecule has 0 unspecified atom stereocenters. The first-order valence-corrected chi connectivity index (χ1v) is 10.4. The van der Waals surface area contributed by atoms with E-state index in [9.17, 15) is 9.59 Å². The van der Waals surface area contributed by atoms with E-state index in [4.69, 9.17) is 16.3 Å². The van der Waals surface area contributed by atoms with Gasteiger partial charge in [0.1, 0.15) is 5.75 Å². The maximum absolute atomic E-state index is 12.7. The first kappa shape index (κ1) is 21.3. The van der Waals surface area contributed by atoms with E-state index in [-0.39, 0.29) is 11.3 Å². The molecule has 0 aliphatic heterocycles. The smallest absolute Gasteiger partial charge is 0.345 e. The molecule has 0 bridgehead atoms. The molecule has 0 aromatic heterocycles. The summed E-state index contributed by atoms with van der Waals surface area (Å²) in [6.07, 6.45) is 3.11. The monoisotopic (exact) mass is 438 g/mol. The van der Waals surface area contributed by atoms with E-state index in [0.29, 0.717) is 21.9 Å². The highest BCUT2D eigenvalue weighted by molar-refractivity contribution is 6.33. The fourth-order valence-corrected chi connectivity index (χ4v) is 3.42. The van der Waals surface area contributed by atoms with E-state index < -0.39 is 5.97 Å². The Balaban J connectivity index is 1.49. The number of rotatable bonds is 6. The maximum atomic E-state index is 12.7. The predicted octanol–water partition coefficient (Wildman–Crippen LogP) is 7.12. The normalized spacial score (nSPS) is 10.8. The van der Waals surface area contributed by atoms with Gasteiger partial charge in [-0.05, 0) is 41.5 Å². The van der Waals surface area contributed by atoms with Gasteiger partial charge in [0.2, 0.25) is 0 Å². The van der Waals surface area contributed by atoms with Crippen molar-refractivity contribution in [2.24, 2.45) is 0 Å². The Kier molecular flexibility index (Phi) is 6.59. The number of benzene rings is 4. The van der Waals surface area contributed by atoms with Crippen LogP contribution in [0.4, 0.5) is 0 Å². The van der Waals surface area contributed by atoms with Crippen LogP contribution in [0.1, 0.15) is 26.3 Å². The lowest BCUT2D eigenvalue weighted by molar-refractivity contribution is 0.0734. The van der Waals surface area contributed by atoms with Gasteiger partial charge in [0, 0.05) is 11.1 Å². The molecule has 4 aromatic carbocycles. The van der Waals surface area contributed by atoms with Crippen LogP contribution in [-0.4, -0.2) is 11.8 Å². The van der Waals surface area contributed by atoms with Crippen molar-refractivity contribution in [2.75, 3.05) is 0 Å². The maximum Gasteiger partial charge on any atom is 0.345 e. The van der Waals surface area contributed by atoms with Crippen LogP contribution in [0, 0.1) is 0 Å². The fraction of sp³-hybridized carbons (Fsp3) is 0. The summed E-state index contributed by atoms with van der Waals surface area (Å²) < 4.78 is 5.53. The Morgan fingerprint density at radius 1 is 0.688 bits per heavy atom. The SMILES string of the molecule is O=C(/C=C/c1ccccc1OC(=O)c1ccccc1Cl)c1ccc(-c2ccccc2)cc1. The average molecular weight is 439 g/mol.